The molecule has 0 aromatic heterocycles. The minimum atomic E-state index is -0.554. The van der Waals surface area contributed by atoms with Crippen LogP contribution in [0.5, 0.6) is 5.75 Å². The van der Waals surface area contributed by atoms with E-state index in [4.69, 9.17) is 9.47 Å². The fourth-order valence-corrected chi connectivity index (χ4v) is 3.95. The number of aryl methyl sites for hydroxylation is 1. The third-order valence-electron chi connectivity index (χ3n) is 5.45. The fourth-order valence-electron chi connectivity index (χ4n) is 3.95. The van der Waals surface area contributed by atoms with Gasteiger partial charge in [-0.3, -0.25) is 4.79 Å². The van der Waals surface area contributed by atoms with Crippen molar-refractivity contribution in [1.82, 2.24) is 9.80 Å². The molecule has 2 aromatic carbocycles. The van der Waals surface area contributed by atoms with Crippen molar-refractivity contribution in [2.24, 2.45) is 0 Å². The molecular weight excluding hydrogens is 382 g/mol. The molecule has 0 unspecified atom stereocenters. The Morgan fingerprint density at radius 3 is 2.57 bits per heavy atom. The van der Waals surface area contributed by atoms with Crippen molar-refractivity contribution >= 4 is 17.6 Å². The van der Waals surface area contributed by atoms with Gasteiger partial charge in [0.1, 0.15) is 17.9 Å². The van der Waals surface area contributed by atoms with Crippen molar-refractivity contribution in [3.05, 3.63) is 60.2 Å². The third kappa shape index (κ3) is 4.74. The third-order valence-corrected chi connectivity index (χ3v) is 5.45. The molecule has 2 saturated heterocycles. The molecule has 2 aliphatic rings. The maximum atomic E-state index is 13.2. The van der Waals surface area contributed by atoms with Crippen LogP contribution in [0.15, 0.2) is 54.6 Å². The number of anilines is 1. The molecule has 1 N–H and O–H groups in total. The second-order valence-corrected chi connectivity index (χ2v) is 7.69. The van der Waals surface area contributed by atoms with Gasteiger partial charge in [0.15, 0.2) is 0 Å². The Morgan fingerprint density at radius 2 is 1.83 bits per heavy atom. The molecule has 158 valence electrons. The summed E-state index contributed by atoms with van der Waals surface area (Å²) in [6, 6.07) is 16.3. The van der Waals surface area contributed by atoms with Gasteiger partial charge < -0.3 is 24.6 Å². The summed E-state index contributed by atoms with van der Waals surface area (Å²) >= 11 is 0. The number of carbonyl (C=O) groups is 2. The van der Waals surface area contributed by atoms with Crippen LogP contribution in [0.4, 0.5) is 10.5 Å². The highest BCUT2D eigenvalue weighted by molar-refractivity contribution is 5.94. The first kappa shape index (κ1) is 20.2. The average Bonchev–Trinajstić information content (AvgIpc) is 3.18. The molecule has 0 radical (unpaired) electrons. The van der Waals surface area contributed by atoms with Crippen LogP contribution in [0, 0.1) is 6.92 Å². The molecular formula is C23H27N3O4. The number of rotatable bonds is 4. The van der Waals surface area contributed by atoms with E-state index in [1.54, 1.807) is 9.80 Å². The van der Waals surface area contributed by atoms with Crippen molar-refractivity contribution in [2.45, 2.75) is 25.5 Å². The topological polar surface area (TPSA) is 71.1 Å². The molecule has 2 atom stereocenters. The van der Waals surface area contributed by atoms with Gasteiger partial charge in [0, 0.05) is 25.2 Å². The smallest absolute Gasteiger partial charge is 0.322 e. The van der Waals surface area contributed by atoms with Crippen molar-refractivity contribution in [1.29, 1.82) is 0 Å². The highest BCUT2D eigenvalue weighted by Crippen LogP contribution is 2.26. The summed E-state index contributed by atoms with van der Waals surface area (Å²) in [4.78, 5) is 29.7. The lowest BCUT2D eigenvalue weighted by Crippen LogP contribution is -2.51. The standard InChI is InChI=1S/C23H27N3O4/c1-17-6-5-7-18(14-17)24-23(28)26-16-20(30-19-8-3-2-4-9-19)15-21(26)22(27)25-10-12-29-13-11-25/h2-9,14,20-21H,10-13,15-16H2,1H3,(H,24,28)/t20-,21+/m0/s1. The number of amides is 3. The largest absolute Gasteiger partial charge is 0.488 e. The molecule has 0 bridgehead atoms. The number of hydrogen-bond donors (Lipinski definition) is 1. The Kier molecular flexibility index (Phi) is 6.18. The summed E-state index contributed by atoms with van der Waals surface area (Å²) in [5.41, 5.74) is 1.77. The zero-order valence-corrected chi connectivity index (χ0v) is 17.1. The number of carbonyl (C=O) groups excluding carboxylic acids is 2. The molecule has 2 aromatic rings. The summed E-state index contributed by atoms with van der Waals surface area (Å²) in [6.45, 7) is 4.48. The summed E-state index contributed by atoms with van der Waals surface area (Å²) in [5.74, 6) is 0.692. The number of para-hydroxylation sites is 1. The van der Waals surface area contributed by atoms with Crippen molar-refractivity contribution < 1.29 is 19.1 Å². The van der Waals surface area contributed by atoms with Crippen molar-refractivity contribution in [3.8, 4) is 5.75 Å². The molecule has 0 spiro atoms. The first-order chi connectivity index (χ1) is 14.6. The maximum Gasteiger partial charge on any atom is 0.322 e. The first-order valence-electron chi connectivity index (χ1n) is 10.3. The zero-order valence-electron chi connectivity index (χ0n) is 17.1. The van der Waals surface area contributed by atoms with E-state index in [-0.39, 0.29) is 18.0 Å². The second kappa shape index (κ2) is 9.17. The highest BCUT2D eigenvalue weighted by atomic mass is 16.5. The summed E-state index contributed by atoms with van der Waals surface area (Å²) in [7, 11) is 0. The minimum absolute atomic E-state index is 0.0446. The quantitative estimate of drug-likeness (QED) is 0.843. The predicted octanol–water partition coefficient (Wildman–Crippen LogP) is 2.91. The zero-order chi connectivity index (χ0) is 20.9. The van der Waals surface area contributed by atoms with E-state index in [2.05, 4.69) is 5.32 Å². The number of benzene rings is 2. The molecule has 2 fully saturated rings. The molecule has 7 nitrogen and oxygen atoms in total. The van der Waals surface area contributed by atoms with E-state index in [1.165, 1.54) is 0 Å². The van der Waals surface area contributed by atoms with Gasteiger partial charge in [0.05, 0.1) is 19.8 Å². The van der Waals surface area contributed by atoms with Gasteiger partial charge in [-0.2, -0.15) is 0 Å². The van der Waals surface area contributed by atoms with E-state index in [1.807, 2.05) is 61.5 Å². The number of urea groups is 1. The van der Waals surface area contributed by atoms with Crippen LogP contribution in [0.1, 0.15) is 12.0 Å². The number of ether oxygens (including phenoxy) is 2. The normalized spacial score (nSPS) is 21.4. The number of hydrogen-bond acceptors (Lipinski definition) is 4. The Hall–Kier alpha value is -3.06. The highest BCUT2D eigenvalue weighted by Gasteiger charge is 2.42. The van der Waals surface area contributed by atoms with E-state index in [0.29, 0.717) is 45.0 Å². The van der Waals surface area contributed by atoms with Crippen LogP contribution in [0.25, 0.3) is 0 Å². The lowest BCUT2D eigenvalue weighted by Gasteiger charge is -2.32. The average molecular weight is 409 g/mol. The molecule has 7 heteroatoms. The van der Waals surface area contributed by atoms with Gasteiger partial charge in [-0.1, -0.05) is 30.3 Å². The van der Waals surface area contributed by atoms with Gasteiger partial charge in [-0.15, -0.1) is 0 Å². The summed E-state index contributed by atoms with van der Waals surface area (Å²) < 4.78 is 11.4. The second-order valence-electron chi connectivity index (χ2n) is 7.69. The monoisotopic (exact) mass is 409 g/mol. The Labute approximate surface area is 176 Å². The summed E-state index contributed by atoms with van der Waals surface area (Å²) in [6.07, 6.45) is 0.220. The minimum Gasteiger partial charge on any atom is -0.488 e. The van der Waals surface area contributed by atoms with Crippen molar-refractivity contribution in [2.75, 3.05) is 38.2 Å². The lowest BCUT2D eigenvalue weighted by atomic mass is 10.1. The Bertz CT molecular complexity index is 883. The molecule has 30 heavy (non-hydrogen) atoms. The summed E-state index contributed by atoms with van der Waals surface area (Å²) in [5, 5.41) is 2.93. The molecule has 2 aliphatic heterocycles. The van der Waals surface area contributed by atoms with E-state index in [9.17, 15) is 9.59 Å². The maximum absolute atomic E-state index is 13.2. The molecule has 0 saturated carbocycles. The van der Waals surface area contributed by atoms with Crippen LogP contribution in [0.3, 0.4) is 0 Å². The number of nitrogens with zero attached hydrogens (tertiary/aromatic N) is 2. The molecule has 3 amide bonds. The van der Waals surface area contributed by atoms with Crippen molar-refractivity contribution in [3.63, 3.8) is 0 Å². The van der Waals surface area contributed by atoms with Gasteiger partial charge in [0.25, 0.3) is 0 Å². The Balaban J connectivity index is 1.50. The SMILES string of the molecule is Cc1cccc(NC(=O)N2C[C@@H](Oc3ccccc3)C[C@@H]2C(=O)N2CCOCC2)c1. The van der Waals surface area contributed by atoms with Gasteiger partial charge in [-0.05, 0) is 36.8 Å². The van der Waals surface area contributed by atoms with Gasteiger partial charge in [0.2, 0.25) is 5.91 Å². The van der Waals surface area contributed by atoms with E-state index in [0.717, 1.165) is 11.3 Å². The first-order valence-corrected chi connectivity index (χ1v) is 10.3. The van der Waals surface area contributed by atoms with Crippen LogP contribution in [0.2, 0.25) is 0 Å². The van der Waals surface area contributed by atoms with E-state index < -0.39 is 6.04 Å². The number of likely N-dealkylation sites (tertiary alicyclic amines) is 1. The van der Waals surface area contributed by atoms with Crippen LogP contribution < -0.4 is 10.1 Å². The molecule has 2 heterocycles. The van der Waals surface area contributed by atoms with Crippen LogP contribution in [-0.4, -0.2) is 66.7 Å². The number of morpholine rings is 1. The molecule has 0 aliphatic carbocycles. The fraction of sp³-hybridized carbons (Fsp3) is 0.391. The van der Waals surface area contributed by atoms with E-state index >= 15 is 0 Å². The van der Waals surface area contributed by atoms with Gasteiger partial charge >= 0.3 is 6.03 Å². The lowest BCUT2D eigenvalue weighted by molar-refractivity contribution is -0.139. The van der Waals surface area contributed by atoms with Crippen LogP contribution in [-0.2, 0) is 9.53 Å². The number of nitrogens with one attached hydrogen (secondary N) is 1. The predicted molar refractivity (Wildman–Crippen MR) is 114 cm³/mol. The van der Waals surface area contributed by atoms with Crippen LogP contribution >= 0.6 is 0 Å². The van der Waals surface area contributed by atoms with Gasteiger partial charge in [-0.25, -0.2) is 4.79 Å². The molecule has 4 rings (SSSR count). The Morgan fingerprint density at radius 1 is 1.07 bits per heavy atom.